The topological polar surface area (TPSA) is 66.2 Å². The second-order valence-electron chi connectivity index (χ2n) is 4.54. The second kappa shape index (κ2) is 6.30. The van der Waals surface area contributed by atoms with Gasteiger partial charge in [-0.1, -0.05) is 0 Å². The normalized spacial score (nSPS) is 19.1. The molecule has 1 aliphatic heterocycles. The molecule has 1 aromatic heterocycles. The number of hydrogen-bond donors (Lipinski definition) is 0. The van der Waals surface area contributed by atoms with Gasteiger partial charge < -0.3 is 4.74 Å². The van der Waals surface area contributed by atoms with Crippen LogP contribution in [0.25, 0.3) is 0 Å². The monoisotopic (exact) mass is 259 g/mol. The number of aromatic nitrogens is 1. The van der Waals surface area contributed by atoms with Gasteiger partial charge in [0.25, 0.3) is 0 Å². The maximum absolute atomic E-state index is 11.8. The van der Waals surface area contributed by atoms with E-state index in [2.05, 4.69) is 9.88 Å². The van der Waals surface area contributed by atoms with Crippen LogP contribution in [0, 0.1) is 11.3 Å². The van der Waals surface area contributed by atoms with Crippen molar-refractivity contribution in [3.8, 4) is 6.07 Å². The Balaban J connectivity index is 2.05. The number of pyridine rings is 1. The lowest BCUT2D eigenvalue weighted by atomic mass is 10.2. The first-order chi connectivity index (χ1) is 9.24. The van der Waals surface area contributed by atoms with Crippen LogP contribution in [0.1, 0.15) is 31.0 Å². The van der Waals surface area contributed by atoms with Crippen LogP contribution in [0.5, 0.6) is 0 Å². The van der Waals surface area contributed by atoms with E-state index in [1.807, 2.05) is 19.1 Å². The van der Waals surface area contributed by atoms with E-state index in [1.165, 1.54) is 0 Å². The van der Waals surface area contributed by atoms with Crippen LogP contribution in [-0.2, 0) is 16.1 Å². The highest BCUT2D eigenvalue weighted by Gasteiger charge is 2.31. The minimum atomic E-state index is -0.154. The Labute approximate surface area is 112 Å². The minimum Gasteiger partial charge on any atom is -0.465 e. The van der Waals surface area contributed by atoms with Crippen molar-refractivity contribution in [1.29, 1.82) is 5.26 Å². The summed E-state index contributed by atoms with van der Waals surface area (Å²) in [5, 5.41) is 8.83. The largest absolute Gasteiger partial charge is 0.465 e. The summed E-state index contributed by atoms with van der Waals surface area (Å²) in [6.45, 7) is 3.77. The summed E-state index contributed by atoms with van der Waals surface area (Å²) in [4.78, 5) is 17.9. The van der Waals surface area contributed by atoms with E-state index in [0.29, 0.717) is 18.8 Å². The van der Waals surface area contributed by atoms with E-state index < -0.39 is 0 Å². The van der Waals surface area contributed by atoms with Crippen molar-refractivity contribution in [2.45, 2.75) is 32.4 Å². The average Bonchev–Trinajstić information content (AvgIpc) is 2.87. The molecule has 0 bridgehead atoms. The molecule has 1 saturated heterocycles. The molecule has 0 radical (unpaired) electrons. The van der Waals surface area contributed by atoms with Crippen LogP contribution in [-0.4, -0.2) is 35.0 Å². The van der Waals surface area contributed by atoms with Crippen LogP contribution < -0.4 is 0 Å². The zero-order chi connectivity index (χ0) is 13.7. The molecule has 5 heteroatoms. The van der Waals surface area contributed by atoms with Crippen molar-refractivity contribution < 1.29 is 9.53 Å². The molecule has 5 nitrogen and oxygen atoms in total. The van der Waals surface area contributed by atoms with Gasteiger partial charge in [-0.2, -0.15) is 5.26 Å². The Morgan fingerprint density at radius 3 is 3.26 bits per heavy atom. The highest BCUT2D eigenvalue weighted by Crippen LogP contribution is 2.21. The van der Waals surface area contributed by atoms with Crippen LogP contribution in [0.4, 0.5) is 0 Å². The Morgan fingerprint density at radius 2 is 2.53 bits per heavy atom. The fourth-order valence-corrected chi connectivity index (χ4v) is 2.39. The molecule has 0 spiro atoms. The van der Waals surface area contributed by atoms with Crippen LogP contribution in [0.15, 0.2) is 18.3 Å². The van der Waals surface area contributed by atoms with Gasteiger partial charge in [0, 0.05) is 12.7 Å². The molecule has 0 saturated carbocycles. The van der Waals surface area contributed by atoms with E-state index >= 15 is 0 Å². The Bertz CT molecular complexity index is 496. The Morgan fingerprint density at radius 1 is 1.68 bits per heavy atom. The van der Waals surface area contributed by atoms with E-state index in [9.17, 15) is 4.79 Å². The van der Waals surface area contributed by atoms with Gasteiger partial charge in [0.1, 0.15) is 17.8 Å². The minimum absolute atomic E-state index is 0.144. The number of carbonyl (C=O) groups is 1. The third-order valence-electron chi connectivity index (χ3n) is 3.25. The van der Waals surface area contributed by atoms with Crippen molar-refractivity contribution in [2.24, 2.45) is 0 Å². The van der Waals surface area contributed by atoms with Gasteiger partial charge in [-0.3, -0.25) is 9.69 Å². The molecule has 19 heavy (non-hydrogen) atoms. The van der Waals surface area contributed by atoms with E-state index in [-0.39, 0.29) is 12.0 Å². The first-order valence-corrected chi connectivity index (χ1v) is 6.50. The van der Waals surface area contributed by atoms with Gasteiger partial charge >= 0.3 is 5.97 Å². The summed E-state index contributed by atoms with van der Waals surface area (Å²) >= 11 is 0. The first kappa shape index (κ1) is 13.5. The van der Waals surface area contributed by atoms with Crippen molar-refractivity contribution in [1.82, 2.24) is 9.88 Å². The number of ether oxygens (including phenoxy) is 1. The van der Waals surface area contributed by atoms with Gasteiger partial charge in [-0.15, -0.1) is 0 Å². The lowest BCUT2D eigenvalue weighted by molar-refractivity contribution is -0.148. The van der Waals surface area contributed by atoms with Gasteiger partial charge in [0.2, 0.25) is 0 Å². The van der Waals surface area contributed by atoms with Gasteiger partial charge in [-0.05, 0) is 44.0 Å². The van der Waals surface area contributed by atoms with Crippen molar-refractivity contribution in [3.63, 3.8) is 0 Å². The van der Waals surface area contributed by atoms with Crippen molar-refractivity contribution in [3.05, 3.63) is 29.6 Å². The predicted molar refractivity (Wildman–Crippen MR) is 69.0 cm³/mol. The molecule has 1 aromatic rings. The molecule has 2 heterocycles. The highest BCUT2D eigenvalue weighted by molar-refractivity contribution is 5.76. The first-order valence-electron chi connectivity index (χ1n) is 6.50. The summed E-state index contributed by atoms with van der Waals surface area (Å²) in [6.07, 6.45) is 3.47. The summed E-state index contributed by atoms with van der Waals surface area (Å²) in [6, 6.07) is 5.51. The van der Waals surface area contributed by atoms with E-state index in [0.717, 1.165) is 24.9 Å². The van der Waals surface area contributed by atoms with Crippen LogP contribution in [0.3, 0.4) is 0 Å². The molecule has 100 valence electrons. The third-order valence-corrected chi connectivity index (χ3v) is 3.25. The lowest BCUT2D eigenvalue weighted by Crippen LogP contribution is -2.36. The maximum atomic E-state index is 11.8. The second-order valence-corrected chi connectivity index (χ2v) is 4.54. The molecule has 0 aromatic carbocycles. The van der Waals surface area contributed by atoms with Crippen molar-refractivity contribution >= 4 is 5.97 Å². The highest BCUT2D eigenvalue weighted by atomic mass is 16.5. The van der Waals surface area contributed by atoms with Gasteiger partial charge in [0.15, 0.2) is 0 Å². The number of nitriles is 1. The summed E-state index contributed by atoms with van der Waals surface area (Å²) in [5.74, 6) is -0.144. The number of carbonyl (C=O) groups excluding carboxylic acids is 1. The average molecular weight is 259 g/mol. The molecule has 0 N–H and O–H groups in total. The molecule has 0 amide bonds. The molecular formula is C14H17N3O2. The molecule has 1 fully saturated rings. The van der Waals surface area contributed by atoms with Crippen molar-refractivity contribution in [2.75, 3.05) is 13.2 Å². The van der Waals surface area contributed by atoms with Gasteiger partial charge in [0.05, 0.1) is 6.61 Å². The summed E-state index contributed by atoms with van der Waals surface area (Å²) in [5.41, 5.74) is 1.41. The smallest absolute Gasteiger partial charge is 0.323 e. The number of hydrogen-bond acceptors (Lipinski definition) is 5. The third kappa shape index (κ3) is 3.30. The standard InChI is InChI=1S/C14H17N3O2/c1-2-19-14(18)13-4-3-7-17(13)10-11-5-6-16-12(8-11)9-15/h5-6,8,13H,2-4,7,10H2,1H3. The molecule has 2 rings (SSSR count). The van der Waals surface area contributed by atoms with Gasteiger partial charge in [-0.25, -0.2) is 4.98 Å². The van der Waals surface area contributed by atoms with E-state index in [4.69, 9.17) is 10.00 Å². The summed E-state index contributed by atoms with van der Waals surface area (Å²) in [7, 11) is 0. The van der Waals surface area contributed by atoms with Crippen LogP contribution in [0.2, 0.25) is 0 Å². The Kier molecular flexibility index (Phi) is 4.48. The fraction of sp³-hybridized carbons (Fsp3) is 0.500. The molecular weight excluding hydrogens is 242 g/mol. The summed E-state index contributed by atoms with van der Waals surface area (Å²) < 4.78 is 5.09. The zero-order valence-corrected chi connectivity index (χ0v) is 11.0. The lowest BCUT2D eigenvalue weighted by Gasteiger charge is -2.22. The number of likely N-dealkylation sites (tertiary alicyclic amines) is 1. The molecule has 0 aliphatic carbocycles. The number of nitrogens with zero attached hydrogens (tertiary/aromatic N) is 3. The molecule has 1 atom stereocenters. The van der Waals surface area contributed by atoms with Crippen LogP contribution >= 0.6 is 0 Å². The number of rotatable bonds is 4. The molecule has 1 unspecified atom stereocenters. The maximum Gasteiger partial charge on any atom is 0.323 e. The van der Waals surface area contributed by atoms with E-state index in [1.54, 1.807) is 12.3 Å². The zero-order valence-electron chi connectivity index (χ0n) is 11.0. The molecule has 1 aliphatic rings. The number of esters is 1. The predicted octanol–water partition coefficient (Wildman–Crippen LogP) is 1.48. The quantitative estimate of drug-likeness (QED) is 0.766. The fourth-order valence-electron chi connectivity index (χ4n) is 2.39. The SMILES string of the molecule is CCOC(=O)C1CCCN1Cc1ccnc(C#N)c1. The Hall–Kier alpha value is -1.93.